The van der Waals surface area contributed by atoms with Crippen LogP contribution in [0, 0.1) is 6.92 Å². The largest absolute Gasteiger partial charge is 0.219 e. The first-order chi connectivity index (χ1) is 7.27. The van der Waals surface area contributed by atoms with Crippen LogP contribution < -0.4 is 4.57 Å². The van der Waals surface area contributed by atoms with Gasteiger partial charge in [-0.25, -0.2) is 0 Å². The van der Waals surface area contributed by atoms with Gasteiger partial charge < -0.3 is 0 Å². The second-order valence-corrected chi connectivity index (χ2v) is 3.95. The van der Waals surface area contributed by atoms with Crippen LogP contribution in [-0.2, 0) is 0 Å². The molecular formula is C14H12N+. The Morgan fingerprint density at radius 3 is 2.80 bits per heavy atom. The summed E-state index contributed by atoms with van der Waals surface area (Å²) in [5.74, 6) is 0. The van der Waals surface area contributed by atoms with Crippen molar-refractivity contribution in [3.63, 3.8) is 0 Å². The summed E-state index contributed by atoms with van der Waals surface area (Å²) in [6, 6.07) is 12.8. The monoisotopic (exact) mass is 194 g/mol. The van der Waals surface area contributed by atoms with Crippen molar-refractivity contribution in [2.24, 2.45) is 0 Å². The second-order valence-electron chi connectivity index (χ2n) is 3.95. The first kappa shape index (κ1) is 8.42. The summed E-state index contributed by atoms with van der Waals surface area (Å²) in [6.07, 6.45) is 2.06. The van der Waals surface area contributed by atoms with Gasteiger partial charge in [0.05, 0.1) is 11.1 Å². The molecule has 1 nitrogen and oxygen atoms in total. The molecule has 0 N–H and O–H groups in total. The molecule has 0 radical (unpaired) electrons. The van der Waals surface area contributed by atoms with Crippen molar-refractivity contribution in [3.8, 4) is 11.3 Å². The quantitative estimate of drug-likeness (QED) is 0.484. The number of hydrogen-bond acceptors (Lipinski definition) is 0. The maximum atomic E-state index is 4.14. The van der Waals surface area contributed by atoms with E-state index in [4.69, 9.17) is 0 Å². The lowest BCUT2D eigenvalue weighted by Crippen LogP contribution is -2.29. The summed E-state index contributed by atoms with van der Waals surface area (Å²) >= 11 is 0. The van der Waals surface area contributed by atoms with E-state index in [1.807, 2.05) is 6.07 Å². The number of aromatic nitrogens is 1. The molecule has 1 aliphatic heterocycles. The average molecular weight is 194 g/mol. The van der Waals surface area contributed by atoms with E-state index in [0.29, 0.717) is 0 Å². The lowest BCUT2D eigenvalue weighted by molar-refractivity contribution is -0.562. The van der Waals surface area contributed by atoms with Crippen LogP contribution in [0.1, 0.15) is 11.1 Å². The Balaban J connectivity index is 2.38. The zero-order valence-corrected chi connectivity index (χ0v) is 8.70. The number of fused-ring (bicyclic) bond motifs is 3. The third-order valence-electron chi connectivity index (χ3n) is 2.91. The van der Waals surface area contributed by atoms with Crippen LogP contribution in [0.5, 0.6) is 0 Å². The van der Waals surface area contributed by atoms with E-state index in [2.05, 4.69) is 54.6 Å². The number of pyridine rings is 1. The van der Waals surface area contributed by atoms with Crippen LogP contribution in [0.4, 0.5) is 0 Å². The van der Waals surface area contributed by atoms with Crippen LogP contribution in [0.2, 0.25) is 0 Å². The van der Waals surface area contributed by atoms with Gasteiger partial charge in [-0.1, -0.05) is 11.6 Å². The number of nitrogens with zero attached hydrogens (tertiary/aromatic N) is 1. The Morgan fingerprint density at radius 1 is 1.07 bits per heavy atom. The smallest absolute Gasteiger partial charge is 0.160 e. The molecule has 2 aromatic rings. The Labute approximate surface area is 89.3 Å². The molecule has 0 fully saturated rings. The molecule has 0 saturated heterocycles. The molecule has 3 rings (SSSR count). The summed E-state index contributed by atoms with van der Waals surface area (Å²) < 4.78 is 2.14. The summed E-state index contributed by atoms with van der Waals surface area (Å²) in [4.78, 5) is 0. The summed E-state index contributed by atoms with van der Waals surface area (Å²) in [6.45, 7) is 6.25. The first-order valence-corrected chi connectivity index (χ1v) is 5.09. The Kier molecular flexibility index (Phi) is 1.57. The molecule has 0 aliphatic carbocycles. The Morgan fingerprint density at radius 2 is 1.93 bits per heavy atom. The zero-order chi connectivity index (χ0) is 10.4. The van der Waals surface area contributed by atoms with E-state index in [-0.39, 0.29) is 0 Å². The highest BCUT2D eigenvalue weighted by Crippen LogP contribution is 2.31. The molecule has 0 unspecified atom stereocenters. The van der Waals surface area contributed by atoms with Crippen LogP contribution >= 0.6 is 0 Å². The van der Waals surface area contributed by atoms with E-state index in [0.717, 1.165) is 5.70 Å². The van der Waals surface area contributed by atoms with E-state index in [1.165, 1.54) is 22.4 Å². The number of benzene rings is 1. The normalized spacial score (nSPS) is 12.5. The fraction of sp³-hybridized carbons (Fsp3) is 0.0714. The minimum Gasteiger partial charge on any atom is -0.160 e. The van der Waals surface area contributed by atoms with Crippen molar-refractivity contribution in [2.75, 3.05) is 0 Å². The molecular weight excluding hydrogens is 182 g/mol. The Hall–Kier alpha value is -1.89. The van der Waals surface area contributed by atoms with Gasteiger partial charge in [-0.15, -0.1) is 0 Å². The van der Waals surface area contributed by atoms with Crippen LogP contribution in [-0.4, -0.2) is 0 Å². The Bertz CT molecular complexity index is 567. The van der Waals surface area contributed by atoms with Gasteiger partial charge >= 0.3 is 0 Å². The third kappa shape index (κ3) is 1.06. The average Bonchev–Trinajstić information content (AvgIpc) is 2.54. The molecule has 72 valence electrons. The van der Waals surface area contributed by atoms with Gasteiger partial charge in [0.25, 0.3) is 0 Å². The molecule has 0 saturated carbocycles. The highest BCUT2D eigenvalue weighted by Gasteiger charge is 2.29. The molecule has 1 aromatic heterocycles. The van der Waals surface area contributed by atoms with Gasteiger partial charge in [-0.05, 0) is 31.7 Å². The fourth-order valence-corrected chi connectivity index (χ4v) is 2.15. The van der Waals surface area contributed by atoms with Gasteiger partial charge in [0.2, 0.25) is 11.4 Å². The summed E-state index contributed by atoms with van der Waals surface area (Å²) in [7, 11) is 0. The van der Waals surface area contributed by atoms with Crippen molar-refractivity contribution in [2.45, 2.75) is 6.92 Å². The second kappa shape index (κ2) is 2.80. The molecule has 0 atom stereocenters. The van der Waals surface area contributed by atoms with Gasteiger partial charge in [-0.2, -0.15) is 4.57 Å². The van der Waals surface area contributed by atoms with Crippen LogP contribution in [0.3, 0.4) is 0 Å². The summed E-state index contributed by atoms with van der Waals surface area (Å²) in [5, 5.41) is 0. The third-order valence-corrected chi connectivity index (χ3v) is 2.91. The van der Waals surface area contributed by atoms with Crippen molar-refractivity contribution < 1.29 is 4.57 Å². The first-order valence-electron chi connectivity index (χ1n) is 5.09. The van der Waals surface area contributed by atoms with Gasteiger partial charge in [-0.3, -0.25) is 0 Å². The molecule has 1 aliphatic rings. The molecule has 1 aromatic carbocycles. The van der Waals surface area contributed by atoms with Crippen molar-refractivity contribution in [3.05, 3.63) is 60.3 Å². The molecule has 0 spiro atoms. The van der Waals surface area contributed by atoms with Crippen molar-refractivity contribution in [1.82, 2.24) is 0 Å². The maximum Gasteiger partial charge on any atom is 0.219 e. The van der Waals surface area contributed by atoms with Crippen LogP contribution in [0.25, 0.3) is 17.0 Å². The predicted molar refractivity (Wildman–Crippen MR) is 61.2 cm³/mol. The summed E-state index contributed by atoms with van der Waals surface area (Å²) in [5.41, 5.74) is 6.12. The lowest BCUT2D eigenvalue weighted by atomic mass is 10.0. The van der Waals surface area contributed by atoms with E-state index < -0.39 is 0 Å². The van der Waals surface area contributed by atoms with Crippen molar-refractivity contribution in [1.29, 1.82) is 0 Å². The van der Waals surface area contributed by atoms with Crippen molar-refractivity contribution >= 4 is 5.70 Å². The lowest BCUT2D eigenvalue weighted by Gasteiger charge is -1.95. The SMILES string of the molecule is C=C1c2cc(C)ccc2-c2cccc[n+]21. The van der Waals surface area contributed by atoms with Gasteiger partial charge in [0.1, 0.15) is 0 Å². The highest BCUT2D eigenvalue weighted by molar-refractivity contribution is 5.79. The maximum absolute atomic E-state index is 4.14. The molecule has 15 heavy (non-hydrogen) atoms. The van der Waals surface area contributed by atoms with E-state index in [1.54, 1.807) is 0 Å². The topological polar surface area (TPSA) is 3.88 Å². The predicted octanol–water partition coefficient (Wildman–Crippen LogP) is 2.78. The van der Waals surface area contributed by atoms with Gasteiger partial charge in [0.15, 0.2) is 6.20 Å². The fourth-order valence-electron chi connectivity index (χ4n) is 2.15. The highest BCUT2D eigenvalue weighted by atomic mass is 15.0. The van der Waals surface area contributed by atoms with Crippen LogP contribution in [0.15, 0.2) is 49.2 Å². The van der Waals surface area contributed by atoms with Gasteiger partial charge in [0, 0.05) is 12.1 Å². The molecule has 2 heterocycles. The standard InChI is InChI=1S/C14H12N/c1-10-6-7-12-13(9-10)11(2)15-8-4-3-5-14(12)15/h3-9H,2H2,1H3/q+1. The molecule has 0 bridgehead atoms. The number of rotatable bonds is 0. The minimum absolute atomic E-state index is 1.07. The zero-order valence-electron chi connectivity index (χ0n) is 8.70. The minimum atomic E-state index is 1.07. The molecule has 1 heteroatoms. The number of hydrogen-bond donors (Lipinski definition) is 0. The number of aryl methyl sites for hydroxylation is 1. The van der Waals surface area contributed by atoms with E-state index in [9.17, 15) is 0 Å². The molecule has 0 amide bonds. The van der Waals surface area contributed by atoms with E-state index >= 15 is 0 Å².